The van der Waals surface area contributed by atoms with E-state index in [4.69, 9.17) is 4.52 Å². The lowest BCUT2D eigenvalue weighted by atomic mass is 10.2. The molecular weight excluding hydrogens is 348 g/mol. The van der Waals surface area contributed by atoms with E-state index in [1.807, 2.05) is 26.0 Å². The van der Waals surface area contributed by atoms with Crippen LogP contribution in [0, 0.1) is 11.6 Å². The topological polar surface area (TPSA) is 68.0 Å². The summed E-state index contributed by atoms with van der Waals surface area (Å²) in [5.41, 5.74) is 0.0640. The van der Waals surface area contributed by atoms with E-state index < -0.39 is 17.5 Å². The van der Waals surface area contributed by atoms with E-state index in [1.165, 1.54) is 17.4 Å². The molecule has 25 heavy (non-hydrogen) atoms. The summed E-state index contributed by atoms with van der Waals surface area (Å²) >= 11 is 1.41. The summed E-state index contributed by atoms with van der Waals surface area (Å²) in [6, 6.07) is 6.71. The van der Waals surface area contributed by atoms with Crippen molar-refractivity contribution in [3.05, 3.63) is 58.2 Å². The van der Waals surface area contributed by atoms with Crippen molar-refractivity contribution < 1.29 is 18.1 Å². The molecule has 1 N–H and O–H groups in total. The van der Waals surface area contributed by atoms with Gasteiger partial charge in [-0.05, 0) is 30.3 Å². The minimum Gasteiger partial charge on any atom is -0.347 e. The monoisotopic (exact) mass is 363 g/mol. The first-order chi connectivity index (χ1) is 11.9. The predicted octanol–water partition coefficient (Wildman–Crippen LogP) is 4.13. The number of halogens is 2. The van der Waals surface area contributed by atoms with Crippen LogP contribution in [0.3, 0.4) is 0 Å². The number of nitrogens with zero attached hydrogens (tertiary/aromatic N) is 2. The molecule has 0 saturated carbocycles. The Balaban J connectivity index is 1.65. The van der Waals surface area contributed by atoms with Crippen LogP contribution < -0.4 is 5.32 Å². The van der Waals surface area contributed by atoms with Crippen LogP contribution in [-0.2, 0) is 6.54 Å². The van der Waals surface area contributed by atoms with Crippen LogP contribution in [-0.4, -0.2) is 16.0 Å². The van der Waals surface area contributed by atoms with Gasteiger partial charge in [0.2, 0.25) is 0 Å². The zero-order chi connectivity index (χ0) is 18.0. The maximum Gasteiger partial charge on any atom is 0.268 e. The molecule has 3 rings (SSSR count). The van der Waals surface area contributed by atoms with Crippen LogP contribution in [0.1, 0.15) is 40.8 Å². The molecule has 0 radical (unpaired) electrons. The Morgan fingerprint density at radius 2 is 2.04 bits per heavy atom. The first kappa shape index (κ1) is 17.2. The van der Waals surface area contributed by atoms with E-state index >= 15 is 0 Å². The van der Waals surface area contributed by atoms with Crippen molar-refractivity contribution in [2.45, 2.75) is 26.3 Å². The molecule has 0 aliphatic heterocycles. The van der Waals surface area contributed by atoms with E-state index in [-0.39, 0.29) is 18.0 Å². The highest BCUT2D eigenvalue weighted by Gasteiger charge is 2.14. The largest absolute Gasteiger partial charge is 0.347 e. The molecule has 0 atom stereocenters. The van der Waals surface area contributed by atoms with E-state index in [0.29, 0.717) is 11.7 Å². The van der Waals surface area contributed by atoms with Gasteiger partial charge in [-0.2, -0.15) is 4.98 Å². The first-order valence-electron chi connectivity index (χ1n) is 7.60. The van der Waals surface area contributed by atoms with Gasteiger partial charge in [0.25, 0.3) is 11.8 Å². The summed E-state index contributed by atoms with van der Waals surface area (Å²) in [4.78, 5) is 18.0. The second-order valence-electron chi connectivity index (χ2n) is 5.69. The fraction of sp³-hybridized carbons (Fsp3) is 0.235. The number of thiophene rings is 1. The molecule has 0 aliphatic carbocycles. The Hall–Kier alpha value is -2.61. The minimum atomic E-state index is -1.05. The lowest BCUT2D eigenvalue weighted by molar-refractivity contribution is 0.0950. The standard InChI is InChI=1S/C17H15F2N3O2S/c1-9(2)15-21-17(24-22-15)14-6-4-11(25-14)8-20-16(23)10-3-5-12(18)13(19)7-10/h3-7,9H,8H2,1-2H3,(H,20,23). The van der Waals surface area contributed by atoms with Gasteiger partial charge in [0, 0.05) is 16.4 Å². The van der Waals surface area contributed by atoms with Crippen LogP contribution in [0.5, 0.6) is 0 Å². The average molecular weight is 363 g/mol. The van der Waals surface area contributed by atoms with E-state index in [2.05, 4.69) is 15.5 Å². The molecule has 0 fully saturated rings. The van der Waals surface area contributed by atoms with Crippen molar-refractivity contribution in [3.63, 3.8) is 0 Å². The maximum atomic E-state index is 13.2. The van der Waals surface area contributed by atoms with Crippen LogP contribution in [0.15, 0.2) is 34.9 Å². The van der Waals surface area contributed by atoms with Crippen molar-refractivity contribution in [1.82, 2.24) is 15.5 Å². The number of benzene rings is 1. The fourth-order valence-corrected chi connectivity index (χ4v) is 2.93. The summed E-state index contributed by atoms with van der Waals surface area (Å²) in [7, 11) is 0. The molecular formula is C17H15F2N3O2S. The van der Waals surface area contributed by atoms with Gasteiger partial charge >= 0.3 is 0 Å². The van der Waals surface area contributed by atoms with Gasteiger partial charge in [0.05, 0.1) is 11.4 Å². The summed E-state index contributed by atoms with van der Waals surface area (Å²) in [6.07, 6.45) is 0. The highest BCUT2D eigenvalue weighted by molar-refractivity contribution is 7.15. The Morgan fingerprint density at radius 1 is 1.24 bits per heavy atom. The van der Waals surface area contributed by atoms with E-state index in [0.717, 1.165) is 21.9 Å². The molecule has 2 aromatic heterocycles. The summed E-state index contributed by atoms with van der Waals surface area (Å²) in [5.74, 6) is -1.27. The summed E-state index contributed by atoms with van der Waals surface area (Å²) < 4.78 is 31.3. The summed E-state index contributed by atoms with van der Waals surface area (Å²) in [5, 5.41) is 6.58. The molecule has 0 unspecified atom stereocenters. The van der Waals surface area contributed by atoms with Crippen molar-refractivity contribution in [1.29, 1.82) is 0 Å². The molecule has 5 nitrogen and oxygen atoms in total. The van der Waals surface area contributed by atoms with Gasteiger partial charge in [0.15, 0.2) is 17.5 Å². The zero-order valence-electron chi connectivity index (χ0n) is 13.5. The Morgan fingerprint density at radius 3 is 2.72 bits per heavy atom. The zero-order valence-corrected chi connectivity index (χ0v) is 14.4. The van der Waals surface area contributed by atoms with Crippen LogP contribution >= 0.6 is 11.3 Å². The van der Waals surface area contributed by atoms with Crippen molar-refractivity contribution >= 4 is 17.2 Å². The Kier molecular flexibility index (Phi) is 4.89. The number of rotatable bonds is 5. The van der Waals surface area contributed by atoms with Gasteiger partial charge in [-0.15, -0.1) is 11.3 Å². The van der Waals surface area contributed by atoms with Gasteiger partial charge in [-0.25, -0.2) is 8.78 Å². The number of hydrogen-bond acceptors (Lipinski definition) is 5. The van der Waals surface area contributed by atoms with Gasteiger partial charge in [0.1, 0.15) is 0 Å². The third-order valence-electron chi connectivity index (χ3n) is 3.44. The van der Waals surface area contributed by atoms with Crippen molar-refractivity contribution in [2.75, 3.05) is 0 Å². The third-order valence-corrected chi connectivity index (χ3v) is 4.51. The number of carbonyl (C=O) groups is 1. The molecule has 1 aromatic carbocycles. The predicted molar refractivity (Wildman–Crippen MR) is 89.2 cm³/mol. The molecule has 2 heterocycles. The highest BCUT2D eigenvalue weighted by Crippen LogP contribution is 2.27. The number of aromatic nitrogens is 2. The molecule has 0 saturated heterocycles. The van der Waals surface area contributed by atoms with Crippen molar-refractivity contribution in [2.24, 2.45) is 0 Å². The molecule has 3 aromatic rings. The molecule has 0 aliphatic rings. The third kappa shape index (κ3) is 3.90. The SMILES string of the molecule is CC(C)c1noc(-c2ccc(CNC(=O)c3ccc(F)c(F)c3)s2)n1. The quantitative estimate of drug-likeness (QED) is 0.740. The van der Waals surface area contributed by atoms with E-state index in [1.54, 1.807) is 0 Å². The normalized spacial score (nSPS) is 11.1. The summed E-state index contributed by atoms with van der Waals surface area (Å²) in [6.45, 7) is 4.21. The second kappa shape index (κ2) is 7.10. The molecule has 0 bridgehead atoms. The van der Waals surface area contributed by atoms with Crippen LogP contribution in [0.25, 0.3) is 10.8 Å². The molecule has 1 amide bonds. The van der Waals surface area contributed by atoms with E-state index in [9.17, 15) is 13.6 Å². The molecule has 130 valence electrons. The smallest absolute Gasteiger partial charge is 0.268 e. The molecule has 0 spiro atoms. The van der Waals surface area contributed by atoms with Crippen molar-refractivity contribution in [3.8, 4) is 10.8 Å². The minimum absolute atomic E-state index is 0.0640. The Labute approximate surface area is 146 Å². The number of amides is 1. The number of nitrogens with one attached hydrogen (secondary N) is 1. The first-order valence-corrected chi connectivity index (χ1v) is 8.41. The fourth-order valence-electron chi connectivity index (χ4n) is 2.06. The molecule has 8 heteroatoms. The van der Waals surface area contributed by atoms with Gasteiger partial charge in [-0.3, -0.25) is 4.79 Å². The number of hydrogen-bond donors (Lipinski definition) is 1. The van der Waals surface area contributed by atoms with Gasteiger partial charge in [-0.1, -0.05) is 19.0 Å². The average Bonchev–Trinajstić information content (AvgIpc) is 3.24. The van der Waals surface area contributed by atoms with Gasteiger partial charge < -0.3 is 9.84 Å². The lowest BCUT2D eigenvalue weighted by Gasteiger charge is -2.04. The maximum absolute atomic E-state index is 13.2. The lowest BCUT2D eigenvalue weighted by Crippen LogP contribution is -2.22. The number of carbonyl (C=O) groups excluding carboxylic acids is 1. The second-order valence-corrected chi connectivity index (χ2v) is 6.86. The highest BCUT2D eigenvalue weighted by atomic mass is 32.1. The van der Waals surface area contributed by atoms with Crippen LogP contribution in [0.2, 0.25) is 0 Å². The van der Waals surface area contributed by atoms with Crippen LogP contribution in [0.4, 0.5) is 8.78 Å². The Bertz CT molecular complexity index is 905.